The molecule has 96 valence electrons. The van der Waals surface area contributed by atoms with Crippen molar-refractivity contribution in [1.82, 2.24) is 9.97 Å². The van der Waals surface area contributed by atoms with Crippen LogP contribution in [0.2, 0.25) is 0 Å². The smallest absolute Gasteiger partial charge is 0.180 e. The van der Waals surface area contributed by atoms with E-state index in [2.05, 4.69) is 23.8 Å². The predicted molar refractivity (Wildman–Crippen MR) is 70.1 cm³/mol. The lowest BCUT2D eigenvalue weighted by atomic mass is 10.00. The molecule has 1 aromatic heterocycles. The van der Waals surface area contributed by atoms with Crippen molar-refractivity contribution >= 4 is 5.78 Å². The van der Waals surface area contributed by atoms with Gasteiger partial charge in [0.25, 0.3) is 0 Å². The number of imidazole rings is 1. The average Bonchev–Trinajstić information content (AvgIpc) is 2.86. The number of H-pyrrole nitrogens is 1. The molecule has 1 heterocycles. The van der Waals surface area contributed by atoms with E-state index in [0.717, 1.165) is 18.8 Å². The summed E-state index contributed by atoms with van der Waals surface area (Å²) in [5.41, 5.74) is 0.643. The highest BCUT2D eigenvalue weighted by Gasteiger charge is 2.06. The lowest BCUT2D eigenvalue weighted by Gasteiger charge is -2.07. The summed E-state index contributed by atoms with van der Waals surface area (Å²) in [7, 11) is 0. The van der Waals surface area contributed by atoms with Gasteiger partial charge < -0.3 is 4.98 Å². The van der Waals surface area contributed by atoms with Crippen molar-refractivity contribution in [1.29, 1.82) is 0 Å². The van der Waals surface area contributed by atoms with Gasteiger partial charge in [0, 0.05) is 6.42 Å². The molecule has 0 aliphatic carbocycles. The Bertz CT molecular complexity index is 306. The second-order valence-electron chi connectivity index (χ2n) is 4.85. The maximum Gasteiger partial charge on any atom is 0.180 e. The molecule has 1 N–H and O–H groups in total. The molecule has 0 saturated heterocycles. The fraction of sp³-hybridized carbons (Fsp3) is 0.714. The highest BCUT2D eigenvalue weighted by molar-refractivity contribution is 5.93. The van der Waals surface area contributed by atoms with Crippen LogP contribution in [0.15, 0.2) is 12.5 Å². The number of ketones is 1. The molecule has 3 nitrogen and oxygen atoms in total. The lowest BCUT2D eigenvalue weighted by Crippen LogP contribution is -1.99. The standard InChI is InChI=1S/C14H24N2O/c1-3-12(2)8-6-4-5-7-9-14(17)13-10-15-11-16-13/h10-12H,3-9H2,1-2H3,(H,15,16)/t12-/m0/s1. The van der Waals surface area contributed by atoms with Gasteiger partial charge in [0.2, 0.25) is 0 Å². The molecular formula is C14H24N2O. The van der Waals surface area contributed by atoms with Crippen LogP contribution >= 0.6 is 0 Å². The summed E-state index contributed by atoms with van der Waals surface area (Å²) in [6.07, 6.45) is 11.1. The zero-order chi connectivity index (χ0) is 12.5. The van der Waals surface area contributed by atoms with Gasteiger partial charge in [-0.3, -0.25) is 4.79 Å². The average molecular weight is 236 g/mol. The van der Waals surface area contributed by atoms with Gasteiger partial charge in [-0.15, -0.1) is 0 Å². The second-order valence-corrected chi connectivity index (χ2v) is 4.85. The van der Waals surface area contributed by atoms with Crippen molar-refractivity contribution in [3.8, 4) is 0 Å². The first-order chi connectivity index (χ1) is 8.24. The van der Waals surface area contributed by atoms with E-state index < -0.39 is 0 Å². The van der Waals surface area contributed by atoms with Crippen LogP contribution < -0.4 is 0 Å². The summed E-state index contributed by atoms with van der Waals surface area (Å²) in [6, 6.07) is 0. The van der Waals surface area contributed by atoms with Gasteiger partial charge >= 0.3 is 0 Å². The van der Waals surface area contributed by atoms with Crippen molar-refractivity contribution in [2.45, 2.75) is 58.8 Å². The van der Waals surface area contributed by atoms with Crippen molar-refractivity contribution in [2.75, 3.05) is 0 Å². The Kier molecular flexibility index (Phi) is 6.60. The Balaban J connectivity index is 1.99. The number of hydrogen-bond acceptors (Lipinski definition) is 2. The van der Waals surface area contributed by atoms with E-state index in [1.54, 1.807) is 12.5 Å². The third kappa shape index (κ3) is 5.66. The van der Waals surface area contributed by atoms with Crippen LogP contribution in [0.1, 0.15) is 69.3 Å². The molecule has 0 fully saturated rings. The van der Waals surface area contributed by atoms with E-state index in [-0.39, 0.29) is 5.78 Å². The minimum absolute atomic E-state index is 0.185. The first-order valence-electron chi connectivity index (χ1n) is 6.75. The zero-order valence-corrected chi connectivity index (χ0v) is 11.0. The highest BCUT2D eigenvalue weighted by Crippen LogP contribution is 2.14. The molecule has 0 aliphatic heterocycles. The Hall–Kier alpha value is -1.12. The molecule has 1 aromatic rings. The number of carbonyl (C=O) groups excluding carboxylic acids is 1. The van der Waals surface area contributed by atoms with Gasteiger partial charge in [0.1, 0.15) is 5.69 Å². The molecule has 1 atom stereocenters. The van der Waals surface area contributed by atoms with Crippen LogP contribution in [0.5, 0.6) is 0 Å². The number of nitrogens with zero attached hydrogens (tertiary/aromatic N) is 1. The summed E-state index contributed by atoms with van der Waals surface area (Å²) in [5.74, 6) is 1.03. The number of nitrogens with one attached hydrogen (secondary N) is 1. The van der Waals surface area contributed by atoms with Gasteiger partial charge in [0.05, 0.1) is 12.5 Å². The molecule has 0 amide bonds. The summed E-state index contributed by atoms with van der Waals surface area (Å²) < 4.78 is 0. The van der Waals surface area contributed by atoms with Crippen LogP contribution in [-0.4, -0.2) is 15.8 Å². The van der Waals surface area contributed by atoms with Crippen molar-refractivity contribution in [3.05, 3.63) is 18.2 Å². The minimum Gasteiger partial charge on any atom is -0.342 e. The van der Waals surface area contributed by atoms with Crippen LogP contribution in [0.25, 0.3) is 0 Å². The Labute approximate surface area is 104 Å². The Morgan fingerprint density at radius 3 is 2.76 bits per heavy atom. The fourth-order valence-electron chi connectivity index (χ4n) is 1.88. The molecule has 0 spiro atoms. The molecule has 0 radical (unpaired) electrons. The largest absolute Gasteiger partial charge is 0.342 e. The highest BCUT2D eigenvalue weighted by atomic mass is 16.1. The molecule has 3 heteroatoms. The molecule has 0 aromatic carbocycles. The van der Waals surface area contributed by atoms with Gasteiger partial charge in [-0.2, -0.15) is 0 Å². The van der Waals surface area contributed by atoms with E-state index in [1.807, 2.05) is 0 Å². The Morgan fingerprint density at radius 1 is 1.35 bits per heavy atom. The Morgan fingerprint density at radius 2 is 2.12 bits per heavy atom. The third-order valence-electron chi connectivity index (χ3n) is 3.35. The predicted octanol–water partition coefficient (Wildman–Crippen LogP) is 3.98. The third-order valence-corrected chi connectivity index (χ3v) is 3.35. The number of rotatable bonds is 9. The minimum atomic E-state index is 0.185. The second kappa shape index (κ2) is 8.04. The van der Waals surface area contributed by atoms with Gasteiger partial charge in [-0.25, -0.2) is 4.98 Å². The molecule has 0 aliphatic rings. The van der Waals surface area contributed by atoms with Crippen LogP contribution in [-0.2, 0) is 0 Å². The van der Waals surface area contributed by atoms with E-state index in [1.165, 1.54) is 25.7 Å². The quantitative estimate of drug-likeness (QED) is 0.520. The fourth-order valence-corrected chi connectivity index (χ4v) is 1.88. The number of hydrogen-bond donors (Lipinski definition) is 1. The van der Waals surface area contributed by atoms with Gasteiger partial charge in [-0.1, -0.05) is 46.0 Å². The first-order valence-corrected chi connectivity index (χ1v) is 6.75. The van der Waals surface area contributed by atoms with Crippen LogP contribution in [0, 0.1) is 5.92 Å². The van der Waals surface area contributed by atoms with Gasteiger partial charge in [-0.05, 0) is 12.3 Å². The topological polar surface area (TPSA) is 45.8 Å². The number of unbranched alkanes of at least 4 members (excludes halogenated alkanes) is 3. The molecule has 17 heavy (non-hydrogen) atoms. The summed E-state index contributed by atoms with van der Waals surface area (Å²) >= 11 is 0. The number of carbonyl (C=O) groups is 1. The first kappa shape index (κ1) is 13.9. The van der Waals surface area contributed by atoms with E-state index in [9.17, 15) is 4.79 Å². The molecule has 0 bridgehead atoms. The van der Waals surface area contributed by atoms with Crippen LogP contribution in [0.3, 0.4) is 0 Å². The monoisotopic (exact) mass is 236 g/mol. The van der Waals surface area contributed by atoms with E-state index in [4.69, 9.17) is 0 Å². The van der Waals surface area contributed by atoms with E-state index >= 15 is 0 Å². The molecule has 0 unspecified atom stereocenters. The summed E-state index contributed by atoms with van der Waals surface area (Å²) in [4.78, 5) is 18.3. The number of aromatic amines is 1. The van der Waals surface area contributed by atoms with Crippen molar-refractivity contribution in [3.63, 3.8) is 0 Å². The van der Waals surface area contributed by atoms with E-state index in [0.29, 0.717) is 12.1 Å². The maximum absolute atomic E-state index is 11.6. The van der Waals surface area contributed by atoms with Crippen molar-refractivity contribution in [2.24, 2.45) is 5.92 Å². The molecule has 1 rings (SSSR count). The van der Waals surface area contributed by atoms with Gasteiger partial charge in [0.15, 0.2) is 5.78 Å². The van der Waals surface area contributed by atoms with Crippen LogP contribution in [0.4, 0.5) is 0 Å². The molecule has 0 saturated carbocycles. The lowest BCUT2D eigenvalue weighted by molar-refractivity contribution is 0.0974. The zero-order valence-electron chi connectivity index (χ0n) is 11.0. The molecular weight excluding hydrogens is 212 g/mol. The summed E-state index contributed by atoms with van der Waals surface area (Å²) in [6.45, 7) is 4.55. The normalized spacial score (nSPS) is 12.6. The maximum atomic E-state index is 11.6. The number of aromatic nitrogens is 2. The number of Topliss-reactive ketones (excluding diaryl/α,β-unsaturated/α-hetero) is 1. The van der Waals surface area contributed by atoms with Crippen molar-refractivity contribution < 1.29 is 4.79 Å². The SMILES string of the molecule is CC[C@H](C)CCCCCCC(=O)c1cnc[nH]1. The summed E-state index contributed by atoms with van der Waals surface area (Å²) in [5, 5.41) is 0.